The molecule has 37 heavy (non-hydrogen) atoms. The maximum Gasteiger partial charge on any atom is 0.161 e. The van der Waals surface area contributed by atoms with Crippen LogP contribution >= 0.6 is 11.6 Å². The van der Waals surface area contributed by atoms with Crippen molar-refractivity contribution in [3.8, 4) is 11.5 Å². The lowest BCUT2D eigenvalue weighted by Gasteiger charge is -2.38. The molecule has 7 nitrogen and oxygen atoms in total. The van der Waals surface area contributed by atoms with E-state index in [-0.39, 0.29) is 0 Å². The number of halogens is 1. The van der Waals surface area contributed by atoms with Gasteiger partial charge in [0.15, 0.2) is 11.5 Å². The highest BCUT2D eigenvalue weighted by molar-refractivity contribution is 6.30. The van der Waals surface area contributed by atoms with Crippen LogP contribution in [0.2, 0.25) is 5.02 Å². The number of hydrogen-bond donors (Lipinski definition) is 0. The van der Waals surface area contributed by atoms with Crippen LogP contribution in [0.25, 0.3) is 0 Å². The maximum atomic E-state index is 8.93. The molecule has 1 atom stereocenters. The molecule has 0 fully saturated rings. The molecule has 4 rings (SSSR count). The molecular formula is C29H30ClNO6-2. The number of aliphatic carboxylic acids is 2. The molecule has 0 aliphatic carbocycles. The molecule has 0 aromatic heterocycles. The van der Waals surface area contributed by atoms with Gasteiger partial charge in [0.05, 0.1) is 26.2 Å². The number of rotatable bonds is 8. The molecule has 0 saturated carbocycles. The number of carboxylic acids is 2. The molecular weight excluding hydrogens is 494 g/mol. The summed E-state index contributed by atoms with van der Waals surface area (Å²) in [5.74, 6) is -2.75. The third-order valence-electron chi connectivity index (χ3n) is 6.43. The SMILES string of the molecule is COc1cc2c(cc1OC)C(CCc1ccc(Cl)cc1)N(CCc1ccccc1)CC2.O=C([O-])C(=O)[O-]. The van der Waals surface area contributed by atoms with Crippen LogP contribution < -0.4 is 19.7 Å². The molecule has 0 bridgehead atoms. The average molecular weight is 524 g/mol. The van der Waals surface area contributed by atoms with Crippen LogP contribution in [0.15, 0.2) is 66.7 Å². The Hall–Kier alpha value is -3.55. The van der Waals surface area contributed by atoms with Gasteiger partial charge in [-0.25, -0.2) is 0 Å². The molecule has 0 radical (unpaired) electrons. The van der Waals surface area contributed by atoms with Crippen molar-refractivity contribution in [3.05, 3.63) is 94.0 Å². The van der Waals surface area contributed by atoms with E-state index < -0.39 is 11.9 Å². The lowest BCUT2D eigenvalue weighted by atomic mass is 9.88. The molecule has 0 amide bonds. The summed E-state index contributed by atoms with van der Waals surface area (Å²) in [4.78, 5) is 20.5. The zero-order chi connectivity index (χ0) is 26.8. The second-order valence-electron chi connectivity index (χ2n) is 8.68. The maximum absolute atomic E-state index is 8.93. The first kappa shape index (κ1) is 28.0. The summed E-state index contributed by atoms with van der Waals surface area (Å²) in [6.07, 6.45) is 4.15. The van der Waals surface area contributed by atoms with Crippen LogP contribution in [0.5, 0.6) is 11.5 Å². The van der Waals surface area contributed by atoms with Gasteiger partial charge >= 0.3 is 0 Å². The number of nitrogens with zero attached hydrogens (tertiary/aromatic N) is 1. The minimum atomic E-state index is -2.19. The van der Waals surface area contributed by atoms with E-state index in [1.807, 2.05) is 12.1 Å². The van der Waals surface area contributed by atoms with E-state index in [4.69, 9.17) is 40.9 Å². The number of benzene rings is 3. The molecule has 1 aliphatic heterocycles. The number of carboxylic acid groups (broad SMARTS) is 2. The first-order valence-corrected chi connectivity index (χ1v) is 12.4. The van der Waals surface area contributed by atoms with Gasteiger partial charge in [0.2, 0.25) is 0 Å². The lowest BCUT2D eigenvalue weighted by Crippen LogP contribution is -2.42. The van der Waals surface area contributed by atoms with Crippen LogP contribution in [0.4, 0.5) is 0 Å². The first-order valence-electron chi connectivity index (χ1n) is 12.0. The van der Waals surface area contributed by atoms with E-state index >= 15 is 0 Å². The number of hydrogen-bond acceptors (Lipinski definition) is 7. The lowest BCUT2D eigenvalue weighted by molar-refractivity contribution is -0.345. The van der Waals surface area contributed by atoms with E-state index in [0.717, 1.165) is 55.3 Å². The number of ether oxygens (including phenoxy) is 2. The minimum absolute atomic E-state index is 0.350. The molecule has 0 N–H and O–H groups in total. The smallest absolute Gasteiger partial charge is 0.161 e. The highest BCUT2D eigenvalue weighted by Crippen LogP contribution is 2.40. The number of methoxy groups -OCH3 is 2. The van der Waals surface area contributed by atoms with Crippen molar-refractivity contribution in [2.75, 3.05) is 27.3 Å². The van der Waals surface area contributed by atoms with Crippen LogP contribution in [-0.4, -0.2) is 44.1 Å². The average Bonchev–Trinajstić information content (AvgIpc) is 2.91. The normalized spacial score (nSPS) is 14.6. The van der Waals surface area contributed by atoms with Crippen molar-refractivity contribution >= 4 is 23.5 Å². The van der Waals surface area contributed by atoms with E-state index in [1.165, 1.54) is 22.3 Å². The Bertz CT molecular complexity index is 1170. The van der Waals surface area contributed by atoms with Crippen molar-refractivity contribution in [1.82, 2.24) is 4.90 Å². The van der Waals surface area contributed by atoms with Crippen LogP contribution in [0.3, 0.4) is 0 Å². The second kappa shape index (κ2) is 13.7. The highest BCUT2D eigenvalue weighted by atomic mass is 35.5. The molecule has 196 valence electrons. The van der Waals surface area contributed by atoms with Gasteiger partial charge in [0, 0.05) is 24.2 Å². The molecule has 3 aromatic carbocycles. The van der Waals surface area contributed by atoms with Crippen LogP contribution in [0, 0.1) is 0 Å². The van der Waals surface area contributed by atoms with Crippen molar-refractivity contribution < 1.29 is 29.3 Å². The zero-order valence-electron chi connectivity index (χ0n) is 20.9. The van der Waals surface area contributed by atoms with Crippen molar-refractivity contribution in [3.63, 3.8) is 0 Å². The Morgan fingerprint density at radius 2 is 1.49 bits per heavy atom. The van der Waals surface area contributed by atoms with Gasteiger partial charge in [0.1, 0.15) is 0 Å². The molecule has 1 aliphatic rings. The van der Waals surface area contributed by atoms with E-state index in [9.17, 15) is 0 Å². The summed E-state index contributed by atoms with van der Waals surface area (Å²) in [5.41, 5.74) is 5.44. The molecule has 0 spiro atoms. The Labute approximate surface area is 222 Å². The predicted octanol–water partition coefficient (Wildman–Crippen LogP) is 2.62. The van der Waals surface area contributed by atoms with Gasteiger partial charge in [-0.3, -0.25) is 4.90 Å². The second-order valence-corrected chi connectivity index (χ2v) is 9.12. The van der Waals surface area contributed by atoms with Gasteiger partial charge in [-0.1, -0.05) is 54.1 Å². The summed E-state index contributed by atoms with van der Waals surface area (Å²) in [5, 5.41) is 18.6. The van der Waals surface area contributed by atoms with Gasteiger partial charge in [-0.2, -0.15) is 0 Å². The largest absolute Gasteiger partial charge is 0.543 e. The summed E-state index contributed by atoms with van der Waals surface area (Å²) in [6.45, 7) is 2.10. The van der Waals surface area contributed by atoms with Gasteiger partial charge in [-0.05, 0) is 72.2 Å². The number of carbonyl (C=O) groups is 2. The molecule has 0 saturated heterocycles. The van der Waals surface area contributed by atoms with Crippen LogP contribution in [-0.2, 0) is 28.9 Å². The monoisotopic (exact) mass is 523 g/mol. The van der Waals surface area contributed by atoms with Crippen LogP contribution in [0.1, 0.15) is 34.7 Å². The van der Waals surface area contributed by atoms with Crippen molar-refractivity contribution in [2.24, 2.45) is 0 Å². The number of fused-ring (bicyclic) bond motifs is 1. The standard InChI is InChI=1S/C27H30ClNO2.C2H2O4/c1-30-26-18-22-15-17-29(16-14-20-6-4-3-5-7-20)25(24(22)19-27(26)31-2)13-10-21-8-11-23(28)12-9-21;3-1(4)2(5)6/h3-9,11-12,18-19,25H,10,13-17H2,1-2H3;(H,3,4)(H,5,6)/p-2. The number of carbonyl (C=O) groups excluding carboxylic acids is 2. The predicted molar refractivity (Wildman–Crippen MR) is 137 cm³/mol. The summed E-state index contributed by atoms with van der Waals surface area (Å²) in [7, 11) is 3.42. The summed E-state index contributed by atoms with van der Waals surface area (Å²) < 4.78 is 11.2. The quantitative estimate of drug-likeness (QED) is 0.418. The molecule has 8 heteroatoms. The summed E-state index contributed by atoms with van der Waals surface area (Å²) >= 11 is 6.08. The van der Waals surface area contributed by atoms with Crippen molar-refractivity contribution in [1.29, 1.82) is 0 Å². The third kappa shape index (κ3) is 7.97. The van der Waals surface area contributed by atoms with Gasteiger partial charge < -0.3 is 29.3 Å². The Morgan fingerprint density at radius 3 is 2.08 bits per heavy atom. The highest BCUT2D eigenvalue weighted by Gasteiger charge is 2.28. The fourth-order valence-electron chi connectivity index (χ4n) is 4.56. The fraction of sp³-hybridized carbons (Fsp3) is 0.310. The minimum Gasteiger partial charge on any atom is -0.543 e. The van der Waals surface area contributed by atoms with Crippen molar-refractivity contribution in [2.45, 2.75) is 31.7 Å². The van der Waals surface area contributed by atoms with Gasteiger partial charge in [-0.15, -0.1) is 0 Å². The Kier molecular flexibility index (Phi) is 10.4. The molecule has 1 heterocycles. The molecule has 3 aromatic rings. The summed E-state index contributed by atoms with van der Waals surface area (Å²) in [6, 6.07) is 23.7. The van der Waals surface area contributed by atoms with E-state index in [2.05, 4.69) is 59.5 Å². The topological polar surface area (TPSA) is 102 Å². The van der Waals surface area contributed by atoms with E-state index in [1.54, 1.807) is 14.2 Å². The zero-order valence-corrected chi connectivity index (χ0v) is 21.7. The Balaban J connectivity index is 0.000000568. The first-order chi connectivity index (χ1) is 17.8. The number of aryl methyl sites for hydroxylation is 1. The molecule has 1 unspecified atom stereocenters. The van der Waals surface area contributed by atoms with Gasteiger partial charge in [0.25, 0.3) is 0 Å². The third-order valence-corrected chi connectivity index (χ3v) is 6.68. The van der Waals surface area contributed by atoms with E-state index in [0.29, 0.717) is 6.04 Å². The Morgan fingerprint density at radius 1 is 0.892 bits per heavy atom. The fourth-order valence-corrected chi connectivity index (χ4v) is 4.68.